The first-order chi connectivity index (χ1) is 10.9. The van der Waals surface area contributed by atoms with Gasteiger partial charge in [-0.2, -0.15) is 0 Å². The molecule has 1 aromatic carbocycles. The van der Waals surface area contributed by atoms with Crippen LogP contribution in [0.4, 0.5) is 5.69 Å². The predicted octanol–water partition coefficient (Wildman–Crippen LogP) is 1.53. The van der Waals surface area contributed by atoms with E-state index >= 15 is 0 Å². The summed E-state index contributed by atoms with van der Waals surface area (Å²) in [6, 6.07) is 7.24. The lowest BCUT2D eigenvalue weighted by atomic mass is 10.2. The van der Waals surface area contributed by atoms with E-state index in [0.717, 1.165) is 6.54 Å². The Labute approximate surface area is 137 Å². The minimum atomic E-state index is -2.90. The lowest BCUT2D eigenvalue weighted by Crippen LogP contribution is -2.38. The van der Waals surface area contributed by atoms with Gasteiger partial charge in [-0.15, -0.1) is 0 Å². The molecule has 1 aliphatic rings. The van der Waals surface area contributed by atoms with E-state index in [1.165, 1.54) is 0 Å². The molecule has 0 radical (unpaired) electrons. The zero-order valence-corrected chi connectivity index (χ0v) is 14.4. The molecule has 2 rings (SSSR count). The van der Waals surface area contributed by atoms with Crippen molar-refractivity contribution in [1.29, 1.82) is 0 Å². The molecule has 7 heteroatoms. The number of hydrogen-bond donors (Lipinski definition) is 1. The molecule has 0 aliphatic carbocycles. The minimum Gasteiger partial charge on any atom is -0.497 e. The van der Waals surface area contributed by atoms with Gasteiger partial charge in [0.1, 0.15) is 5.75 Å². The first kappa shape index (κ1) is 17.7. The van der Waals surface area contributed by atoms with Gasteiger partial charge in [0.15, 0.2) is 9.84 Å². The molecule has 1 aromatic rings. The molecule has 0 bridgehead atoms. The Morgan fingerprint density at radius 2 is 2.22 bits per heavy atom. The molecule has 1 heterocycles. The third-order valence-electron chi connectivity index (χ3n) is 4.11. The van der Waals surface area contributed by atoms with Crippen molar-refractivity contribution in [3.63, 3.8) is 0 Å². The second kappa shape index (κ2) is 7.79. The number of nitrogens with zero attached hydrogens (tertiary/aromatic N) is 1. The number of carbonyl (C=O) groups is 1. The summed E-state index contributed by atoms with van der Waals surface area (Å²) in [5.74, 6) is 1.06. The molecule has 1 amide bonds. The number of anilines is 1. The lowest BCUT2D eigenvalue weighted by molar-refractivity contribution is -0.116. The van der Waals surface area contributed by atoms with Crippen LogP contribution in [0.2, 0.25) is 0 Å². The van der Waals surface area contributed by atoms with Crippen molar-refractivity contribution in [2.75, 3.05) is 37.0 Å². The van der Waals surface area contributed by atoms with Crippen LogP contribution in [0.1, 0.15) is 19.8 Å². The quantitative estimate of drug-likeness (QED) is 0.815. The van der Waals surface area contributed by atoms with Crippen molar-refractivity contribution >= 4 is 21.4 Å². The van der Waals surface area contributed by atoms with Crippen molar-refractivity contribution in [3.8, 4) is 5.75 Å². The SMILES string of the molecule is CCN(CCC(=O)Nc1cccc(OC)c1)C1CCS(=O)(=O)C1. The van der Waals surface area contributed by atoms with Crippen LogP contribution in [0.15, 0.2) is 24.3 Å². The predicted molar refractivity (Wildman–Crippen MR) is 90.5 cm³/mol. The molecule has 23 heavy (non-hydrogen) atoms. The van der Waals surface area contributed by atoms with E-state index in [9.17, 15) is 13.2 Å². The molecule has 0 aromatic heterocycles. The maximum absolute atomic E-state index is 12.1. The number of benzene rings is 1. The number of ether oxygens (including phenoxy) is 1. The summed E-state index contributed by atoms with van der Waals surface area (Å²) in [6.07, 6.45) is 0.995. The van der Waals surface area contributed by atoms with Gasteiger partial charge in [-0.25, -0.2) is 8.42 Å². The second-order valence-electron chi connectivity index (χ2n) is 5.72. The molecule has 1 aliphatic heterocycles. The molecular weight excluding hydrogens is 316 g/mol. The molecule has 1 saturated heterocycles. The Kier molecular flexibility index (Phi) is 6.01. The monoisotopic (exact) mass is 340 g/mol. The Morgan fingerprint density at radius 1 is 1.43 bits per heavy atom. The van der Waals surface area contributed by atoms with Crippen molar-refractivity contribution < 1.29 is 17.9 Å². The summed E-state index contributed by atoms with van der Waals surface area (Å²) in [6.45, 7) is 3.30. The molecular formula is C16H24N2O4S. The highest BCUT2D eigenvalue weighted by Gasteiger charge is 2.31. The number of methoxy groups -OCH3 is 1. The fraction of sp³-hybridized carbons (Fsp3) is 0.562. The lowest BCUT2D eigenvalue weighted by Gasteiger charge is -2.26. The summed E-state index contributed by atoms with van der Waals surface area (Å²) in [4.78, 5) is 14.2. The van der Waals surface area contributed by atoms with Gasteiger partial charge < -0.3 is 10.1 Å². The van der Waals surface area contributed by atoms with Gasteiger partial charge in [-0.3, -0.25) is 9.69 Å². The van der Waals surface area contributed by atoms with Crippen LogP contribution in [0.25, 0.3) is 0 Å². The van der Waals surface area contributed by atoms with Gasteiger partial charge in [-0.05, 0) is 25.1 Å². The van der Waals surface area contributed by atoms with Crippen molar-refractivity contribution in [1.82, 2.24) is 4.90 Å². The van der Waals surface area contributed by atoms with Crippen LogP contribution in [-0.2, 0) is 14.6 Å². The van der Waals surface area contributed by atoms with Gasteiger partial charge >= 0.3 is 0 Å². The second-order valence-corrected chi connectivity index (χ2v) is 7.94. The number of hydrogen-bond acceptors (Lipinski definition) is 5. The fourth-order valence-electron chi connectivity index (χ4n) is 2.83. The number of carbonyl (C=O) groups excluding carboxylic acids is 1. The van der Waals surface area contributed by atoms with E-state index in [0.29, 0.717) is 30.8 Å². The average Bonchev–Trinajstić information content (AvgIpc) is 2.88. The number of sulfone groups is 1. The van der Waals surface area contributed by atoms with Crippen LogP contribution < -0.4 is 10.1 Å². The van der Waals surface area contributed by atoms with Gasteiger partial charge in [0.05, 0.1) is 18.6 Å². The average molecular weight is 340 g/mol. The van der Waals surface area contributed by atoms with E-state index in [4.69, 9.17) is 4.74 Å². The van der Waals surface area contributed by atoms with Crippen LogP contribution in [0.3, 0.4) is 0 Å². The Balaban J connectivity index is 1.85. The van der Waals surface area contributed by atoms with E-state index in [1.54, 1.807) is 13.2 Å². The third-order valence-corrected chi connectivity index (χ3v) is 5.86. The molecule has 1 atom stereocenters. The molecule has 128 valence electrons. The van der Waals surface area contributed by atoms with Gasteiger partial charge in [0.2, 0.25) is 5.91 Å². The van der Waals surface area contributed by atoms with Crippen LogP contribution in [0.5, 0.6) is 5.75 Å². The van der Waals surface area contributed by atoms with Crippen LogP contribution in [-0.4, -0.2) is 57.0 Å². The fourth-order valence-corrected chi connectivity index (χ4v) is 4.59. The number of nitrogens with one attached hydrogen (secondary N) is 1. The summed E-state index contributed by atoms with van der Waals surface area (Å²) in [5, 5.41) is 2.84. The Bertz CT molecular complexity index is 645. The molecule has 0 saturated carbocycles. The first-order valence-corrected chi connectivity index (χ1v) is 9.64. The topological polar surface area (TPSA) is 75.7 Å². The smallest absolute Gasteiger partial charge is 0.225 e. The first-order valence-electron chi connectivity index (χ1n) is 7.82. The highest BCUT2D eigenvalue weighted by molar-refractivity contribution is 7.91. The molecule has 1 unspecified atom stereocenters. The van der Waals surface area contributed by atoms with E-state index < -0.39 is 9.84 Å². The summed E-state index contributed by atoms with van der Waals surface area (Å²) >= 11 is 0. The highest BCUT2D eigenvalue weighted by atomic mass is 32.2. The van der Waals surface area contributed by atoms with Gasteiger partial charge in [0, 0.05) is 30.8 Å². The maximum atomic E-state index is 12.1. The zero-order chi connectivity index (χ0) is 16.9. The standard InChI is InChI=1S/C16H24N2O4S/c1-3-18(14-8-10-23(20,21)12-14)9-7-16(19)17-13-5-4-6-15(11-13)22-2/h4-6,11,14H,3,7-10,12H2,1-2H3,(H,17,19). The van der Waals surface area contributed by atoms with Crippen LogP contribution >= 0.6 is 0 Å². The number of amides is 1. The Morgan fingerprint density at radius 3 is 2.83 bits per heavy atom. The van der Waals surface area contributed by atoms with Gasteiger partial charge in [0.25, 0.3) is 0 Å². The van der Waals surface area contributed by atoms with Crippen molar-refractivity contribution in [2.24, 2.45) is 0 Å². The van der Waals surface area contributed by atoms with Crippen LogP contribution in [0, 0.1) is 0 Å². The zero-order valence-electron chi connectivity index (χ0n) is 13.6. The Hall–Kier alpha value is -1.60. The highest BCUT2D eigenvalue weighted by Crippen LogP contribution is 2.19. The van der Waals surface area contributed by atoms with Crippen molar-refractivity contribution in [3.05, 3.63) is 24.3 Å². The third kappa shape index (κ3) is 5.21. The summed E-state index contributed by atoms with van der Waals surface area (Å²) in [7, 11) is -1.32. The van der Waals surface area contributed by atoms with E-state index in [1.807, 2.05) is 25.1 Å². The van der Waals surface area contributed by atoms with Gasteiger partial charge in [-0.1, -0.05) is 13.0 Å². The molecule has 0 spiro atoms. The number of rotatable bonds is 7. The summed E-state index contributed by atoms with van der Waals surface area (Å²) < 4.78 is 28.3. The normalized spacial score (nSPS) is 19.7. The largest absolute Gasteiger partial charge is 0.497 e. The van der Waals surface area contributed by atoms with Crippen molar-refractivity contribution in [2.45, 2.75) is 25.8 Å². The minimum absolute atomic E-state index is 0.0367. The molecule has 6 nitrogen and oxygen atoms in total. The molecule has 1 N–H and O–H groups in total. The van der Waals surface area contributed by atoms with E-state index in [-0.39, 0.29) is 23.5 Å². The molecule has 1 fully saturated rings. The maximum Gasteiger partial charge on any atom is 0.225 e. The summed E-state index contributed by atoms with van der Waals surface area (Å²) in [5.41, 5.74) is 0.695. The van der Waals surface area contributed by atoms with E-state index in [2.05, 4.69) is 10.2 Å².